The van der Waals surface area contributed by atoms with Gasteiger partial charge in [-0.3, -0.25) is 9.48 Å². The van der Waals surface area contributed by atoms with E-state index in [1.807, 2.05) is 43.6 Å². The molecule has 0 bridgehead atoms. The van der Waals surface area contributed by atoms with Crippen LogP contribution in [0.1, 0.15) is 28.2 Å². The molecule has 0 aliphatic carbocycles. The Bertz CT molecular complexity index is 1260. The molecular formula is C23H26N6O3. The summed E-state index contributed by atoms with van der Waals surface area (Å²) in [5, 5.41) is 11.9. The van der Waals surface area contributed by atoms with E-state index in [4.69, 9.17) is 9.47 Å². The van der Waals surface area contributed by atoms with Gasteiger partial charge in [-0.1, -0.05) is 0 Å². The summed E-state index contributed by atoms with van der Waals surface area (Å²) in [6.07, 6.45) is 5.41. The lowest BCUT2D eigenvalue weighted by Crippen LogP contribution is -2.26. The third kappa shape index (κ3) is 4.41. The minimum Gasteiger partial charge on any atom is -0.497 e. The average Bonchev–Trinajstić information content (AvgIpc) is 3.37. The summed E-state index contributed by atoms with van der Waals surface area (Å²) in [4.78, 5) is 17.1. The molecule has 0 saturated heterocycles. The summed E-state index contributed by atoms with van der Waals surface area (Å²) < 4.78 is 14.1. The Morgan fingerprint density at radius 1 is 1.12 bits per heavy atom. The molecule has 4 rings (SSSR count). The number of rotatable bonds is 8. The normalized spacial score (nSPS) is 11.0. The molecular weight excluding hydrogens is 408 g/mol. The predicted molar refractivity (Wildman–Crippen MR) is 120 cm³/mol. The number of methoxy groups -OCH3 is 2. The molecule has 0 spiro atoms. The van der Waals surface area contributed by atoms with Crippen LogP contribution in [0, 0.1) is 6.92 Å². The van der Waals surface area contributed by atoms with Crippen molar-refractivity contribution in [2.45, 2.75) is 19.8 Å². The van der Waals surface area contributed by atoms with Crippen LogP contribution < -0.4 is 14.8 Å². The molecule has 0 aliphatic heterocycles. The third-order valence-corrected chi connectivity index (χ3v) is 5.21. The molecule has 1 aromatic carbocycles. The molecule has 4 aromatic rings. The summed E-state index contributed by atoms with van der Waals surface area (Å²) in [6.45, 7) is 2.48. The van der Waals surface area contributed by atoms with Gasteiger partial charge in [0.1, 0.15) is 17.2 Å². The summed E-state index contributed by atoms with van der Waals surface area (Å²) in [7, 11) is 4.95. The van der Waals surface area contributed by atoms with Gasteiger partial charge in [0.25, 0.3) is 5.91 Å². The van der Waals surface area contributed by atoms with E-state index in [9.17, 15) is 4.79 Å². The Hall–Kier alpha value is -3.88. The number of fused-ring (bicyclic) bond motifs is 1. The number of aryl methyl sites for hydroxylation is 3. The first kappa shape index (κ1) is 21.4. The molecule has 9 nitrogen and oxygen atoms in total. The van der Waals surface area contributed by atoms with E-state index < -0.39 is 0 Å². The zero-order valence-electron chi connectivity index (χ0n) is 18.6. The van der Waals surface area contributed by atoms with E-state index in [1.54, 1.807) is 36.5 Å². The lowest BCUT2D eigenvalue weighted by molar-refractivity contribution is 0.0944. The standard InChI is InChI=1S/C23H26N6O3/c1-15-10-22-25-13-16(14-29(22)26-15)6-5-9-24-23(30)20-12-19(27-28(20)2)18-11-17(31-3)7-8-21(18)32-4/h7-8,10-14H,5-6,9H2,1-4H3,(H,24,30). The van der Waals surface area contributed by atoms with Crippen molar-refractivity contribution in [3.05, 3.63) is 59.7 Å². The topological polar surface area (TPSA) is 95.6 Å². The summed E-state index contributed by atoms with van der Waals surface area (Å²) in [5.74, 6) is 1.17. The van der Waals surface area contributed by atoms with Gasteiger partial charge in [-0.25, -0.2) is 9.50 Å². The molecule has 3 aromatic heterocycles. The van der Waals surface area contributed by atoms with Crippen LogP contribution in [0.4, 0.5) is 0 Å². The molecule has 1 N–H and O–H groups in total. The average molecular weight is 435 g/mol. The first-order valence-corrected chi connectivity index (χ1v) is 10.3. The van der Waals surface area contributed by atoms with Gasteiger partial charge in [-0.15, -0.1) is 0 Å². The summed E-state index contributed by atoms with van der Waals surface area (Å²) in [5.41, 5.74) is 4.71. The largest absolute Gasteiger partial charge is 0.497 e. The van der Waals surface area contributed by atoms with Crippen LogP contribution in [-0.2, 0) is 13.5 Å². The maximum absolute atomic E-state index is 12.7. The Kier molecular flexibility index (Phi) is 6.07. The Labute approximate surface area is 186 Å². The second-order valence-corrected chi connectivity index (χ2v) is 7.51. The smallest absolute Gasteiger partial charge is 0.269 e. The van der Waals surface area contributed by atoms with Gasteiger partial charge in [0, 0.05) is 37.6 Å². The number of hydrogen-bond donors (Lipinski definition) is 1. The van der Waals surface area contributed by atoms with Gasteiger partial charge in [-0.05, 0) is 49.6 Å². The van der Waals surface area contributed by atoms with Crippen LogP contribution in [0.15, 0.2) is 42.7 Å². The number of nitrogens with one attached hydrogen (secondary N) is 1. The lowest BCUT2D eigenvalue weighted by Gasteiger charge is -2.08. The highest BCUT2D eigenvalue weighted by Crippen LogP contribution is 2.32. The third-order valence-electron chi connectivity index (χ3n) is 5.21. The van der Waals surface area contributed by atoms with E-state index in [0.29, 0.717) is 29.4 Å². The molecule has 3 heterocycles. The fourth-order valence-corrected chi connectivity index (χ4v) is 3.57. The Morgan fingerprint density at radius 2 is 1.97 bits per heavy atom. The van der Waals surface area contributed by atoms with Crippen LogP contribution >= 0.6 is 0 Å². The predicted octanol–water partition coefficient (Wildman–Crippen LogP) is 2.82. The van der Waals surface area contributed by atoms with Crippen LogP contribution in [0.3, 0.4) is 0 Å². The second-order valence-electron chi connectivity index (χ2n) is 7.51. The fraction of sp³-hybridized carbons (Fsp3) is 0.304. The molecule has 0 aliphatic rings. The number of carbonyl (C=O) groups is 1. The number of aromatic nitrogens is 5. The molecule has 0 unspecified atom stereocenters. The minimum atomic E-state index is -0.176. The number of benzene rings is 1. The quantitative estimate of drug-likeness (QED) is 0.429. The van der Waals surface area contributed by atoms with Gasteiger partial charge in [0.15, 0.2) is 5.65 Å². The van der Waals surface area contributed by atoms with E-state index in [0.717, 1.165) is 35.3 Å². The van der Waals surface area contributed by atoms with Crippen molar-refractivity contribution in [1.82, 2.24) is 29.7 Å². The monoisotopic (exact) mass is 434 g/mol. The number of ether oxygens (including phenoxy) is 2. The first-order valence-electron chi connectivity index (χ1n) is 10.3. The number of amides is 1. The maximum Gasteiger partial charge on any atom is 0.269 e. The van der Waals surface area contributed by atoms with Crippen molar-refractivity contribution in [3.63, 3.8) is 0 Å². The number of hydrogen-bond acceptors (Lipinski definition) is 6. The number of nitrogens with zero attached hydrogens (tertiary/aromatic N) is 5. The van der Waals surface area contributed by atoms with Gasteiger partial charge in [-0.2, -0.15) is 10.2 Å². The van der Waals surface area contributed by atoms with Crippen molar-refractivity contribution >= 4 is 11.6 Å². The highest BCUT2D eigenvalue weighted by molar-refractivity contribution is 5.93. The highest BCUT2D eigenvalue weighted by atomic mass is 16.5. The van der Waals surface area contributed by atoms with Crippen molar-refractivity contribution in [1.29, 1.82) is 0 Å². The van der Waals surface area contributed by atoms with Crippen LogP contribution in [0.25, 0.3) is 16.9 Å². The van der Waals surface area contributed by atoms with E-state index in [-0.39, 0.29) is 5.91 Å². The SMILES string of the molecule is COc1ccc(OC)c(-c2cc(C(=O)NCCCc3cnc4cc(C)nn4c3)n(C)n2)c1. The molecule has 166 valence electrons. The Morgan fingerprint density at radius 3 is 2.75 bits per heavy atom. The zero-order chi connectivity index (χ0) is 22.7. The van der Waals surface area contributed by atoms with Gasteiger partial charge >= 0.3 is 0 Å². The summed E-state index contributed by atoms with van der Waals surface area (Å²) >= 11 is 0. The second kappa shape index (κ2) is 9.09. The van der Waals surface area contributed by atoms with Gasteiger partial charge in [0.2, 0.25) is 0 Å². The van der Waals surface area contributed by atoms with E-state index >= 15 is 0 Å². The van der Waals surface area contributed by atoms with Crippen LogP contribution in [-0.4, -0.2) is 51.1 Å². The molecule has 9 heteroatoms. The molecule has 0 saturated carbocycles. The van der Waals surface area contributed by atoms with Crippen LogP contribution in [0.2, 0.25) is 0 Å². The van der Waals surface area contributed by atoms with Crippen LogP contribution in [0.5, 0.6) is 11.5 Å². The van der Waals surface area contributed by atoms with Crippen molar-refractivity contribution in [2.24, 2.45) is 7.05 Å². The highest BCUT2D eigenvalue weighted by Gasteiger charge is 2.17. The zero-order valence-corrected chi connectivity index (χ0v) is 18.6. The Balaban J connectivity index is 1.39. The molecule has 0 radical (unpaired) electrons. The van der Waals surface area contributed by atoms with E-state index in [2.05, 4.69) is 20.5 Å². The minimum absolute atomic E-state index is 0.176. The van der Waals surface area contributed by atoms with Crippen molar-refractivity contribution in [2.75, 3.05) is 20.8 Å². The molecule has 0 fully saturated rings. The summed E-state index contributed by atoms with van der Waals surface area (Å²) in [6, 6.07) is 9.17. The molecule has 1 amide bonds. The molecule has 32 heavy (non-hydrogen) atoms. The molecule has 0 atom stereocenters. The maximum atomic E-state index is 12.7. The van der Waals surface area contributed by atoms with E-state index in [1.165, 1.54) is 0 Å². The van der Waals surface area contributed by atoms with Crippen molar-refractivity contribution < 1.29 is 14.3 Å². The number of carbonyl (C=O) groups excluding carboxylic acids is 1. The first-order chi connectivity index (χ1) is 15.5. The fourth-order valence-electron chi connectivity index (χ4n) is 3.57. The van der Waals surface area contributed by atoms with Gasteiger partial charge in [0.05, 0.1) is 25.6 Å². The lowest BCUT2D eigenvalue weighted by atomic mass is 10.1. The van der Waals surface area contributed by atoms with Gasteiger partial charge < -0.3 is 14.8 Å². The van der Waals surface area contributed by atoms with Crippen molar-refractivity contribution in [3.8, 4) is 22.8 Å².